The molecule has 2 amide bonds. The van der Waals surface area contributed by atoms with Crippen LogP contribution in [0.3, 0.4) is 0 Å². The van der Waals surface area contributed by atoms with Crippen LogP contribution in [0.4, 0.5) is 5.69 Å². The van der Waals surface area contributed by atoms with Crippen molar-refractivity contribution < 1.29 is 14.5 Å². The molecule has 0 bridgehead atoms. The average molecular weight is 466 g/mol. The molecule has 1 aliphatic carbocycles. The van der Waals surface area contributed by atoms with Gasteiger partial charge in [0.1, 0.15) is 0 Å². The van der Waals surface area contributed by atoms with E-state index in [-0.39, 0.29) is 23.5 Å². The van der Waals surface area contributed by atoms with Crippen molar-refractivity contribution >= 4 is 17.5 Å². The molecule has 1 saturated heterocycles. The molecule has 2 heterocycles. The van der Waals surface area contributed by atoms with Crippen molar-refractivity contribution in [3.63, 3.8) is 0 Å². The lowest BCUT2D eigenvalue weighted by atomic mass is 9.95. The second-order valence-corrected chi connectivity index (χ2v) is 8.98. The van der Waals surface area contributed by atoms with E-state index in [2.05, 4.69) is 15.2 Å². The zero-order valence-electron chi connectivity index (χ0n) is 19.3. The Kier molecular flexibility index (Phi) is 7.84. The van der Waals surface area contributed by atoms with Gasteiger partial charge in [0.15, 0.2) is 0 Å². The van der Waals surface area contributed by atoms with Gasteiger partial charge in [-0.25, -0.2) is 0 Å². The number of carbonyl (C=O) groups excluding carboxylic acids is 2. The predicted octanol–water partition coefficient (Wildman–Crippen LogP) is 2.67. The monoisotopic (exact) mass is 465 g/mol. The summed E-state index contributed by atoms with van der Waals surface area (Å²) in [6.45, 7) is 2.87. The van der Waals surface area contributed by atoms with Gasteiger partial charge in [-0.1, -0.05) is 18.9 Å². The van der Waals surface area contributed by atoms with Gasteiger partial charge in [-0.2, -0.15) is 0 Å². The van der Waals surface area contributed by atoms with Crippen LogP contribution < -0.4 is 5.32 Å². The third-order valence-corrected chi connectivity index (χ3v) is 6.84. The number of hydrogen-bond donors (Lipinski definition) is 1. The van der Waals surface area contributed by atoms with Gasteiger partial charge in [0.05, 0.1) is 11.0 Å². The number of pyridine rings is 1. The second kappa shape index (κ2) is 11.2. The largest absolute Gasteiger partial charge is 0.354 e. The Hall–Kier alpha value is -3.33. The molecule has 1 aliphatic heterocycles. The predicted molar refractivity (Wildman–Crippen MR) is 127 cm³/mol. The first kappa shape index (κ1) is 23.8. The van der Waals surface area contributed by atoms with Gasteiger partial charge in [-0.15, -0.1) is 0 Å². The van der Waals surface area contributed by atoms with Crippen LogP contribution in [-0.2, 0) is 11.2 Å². The first-order valence-electron chi connectivity index (χ1n) is 12.0. The molecule has 34 heavy (non-hydrogen) atoms. The number of amides is 2. The number of benzene rings is 1. The Balaban J connectivity index is 1.34. The number of nitrogens with zero attached hydrogens (tertiary/aromatic N) is 4. The zero-order valence-corrected chi connectivity index (χ0v) is 19.3. The van der Waals surface area contributed by atoms with Crippen LogP contribution in [-0.4, -0.2) is 70.3 Å². The molecular weight excluding hydrogens is 434 g/mol. The summed E-state index contributed by atoms with van der Waals surface area (Å²) in [6.07, 6.45) is 6.87. The molecule has 0 radical (unpaired) electrons. The highest BCUT2D eigenvalue weighted by atomic mass is 16.6. The highest BCUT2D eigenvalue weighted by Crippen LogP contribution is 2.31. The fraction of sp³-hybridized carbons (Fsp3) is 0.480. The topological polar surface area (TPSA) is 109 Å². The number of nitro groups is 1. The van der Waals surface area contributed by atoms with E-state index in [4.69, 9.17) is 0 Å². The highest BCUT2D eigenvalue weighted by molar-refractivity contribution is 5.94. The van der Waals surface area contributed by atoms with E-state index in [1.165, 1.54) is 24.3 Å². The van der Waals surface area contributed by atoms with Crippen molar-refractivity contribution in [1.82, 2.24) is 20.1 Å². The van der Waals surface area contributed by atoms with E-state index in [1.54, 1.807) is 11.1 Å². The van der Waals surface area contributed by atoms with E-state index in [9.17, 15) is 19.7 Å². The summed E-state index contributed by atoms with van der Waals surface area (Å²) in [4.78, 5) is 44.8. The summed E-state index contributed by atoms with van der Waals surface area (Å²) in [6, 6.07) is 11.3. The van der Waals surface area contributed by atoms with Crippen LogP contribution >= 0.6 is 0 Å². The van der Waals surface area contributed by atoms with Gasteiger partial charge in [0.2, 0.25) is 5.91 Å². The van der Waals surface area contributed by atoms with Crippen LogP contribution in [0.2, 0.25) is 0 Å². The molecule has 1 saturated carbocycles. The molecular formula is C25H31N5O4. The molecule has 4 rings (SSSR count). The van der Waals surface area contributed by atoms with Gasteiger partial charge in [-0.3, -0.25) is 29.6 Å². The lowest BCUT2D eigenvalue weighted by Gasteiger charge is -2.40. The number of nitrogens with one attached hydrogen (secondary N) is 1. The maximum atomic E-state index is 13.2. The molecule has 0 spiro atoms. The summed E-state index contributed by atoms with van der Waals surface area (Å²) in [5, 5.41) is 14.0. The Labute approximate surface area is 199 Å². The van der Waals surface area contributed by atoms with Crippen LogP contribution in [0.5, 0.6) is 0 Å². The minimum atomic E-state index is -0.475. The van der Waals surface area contributed by atoms with Crippen LogP contribution in [0.15, 0.2) is 48.7 Å². The van der Waals surface area contributed by atoms with Crippen LogP contribution in [0.25, 0.3) is 0 Å². The van der Waals surface area contributed by atoms with E-state index in [1.807, 2.05) is 18.2 Å². The zero-order chi connectivity index (χ0) is 23.9. The molecule has 2 fully saturated rings. The SMILES string of the molecule is O=C(NCCc1ccccn1)[C@@H](C1CCCC1)N1CCN(C(=O)c2ccc([N+](=O)[O-])cc2)CC1. The lowest BCUT2D eigenvalue weighted by Crippen LogP contribution is -2.58. The summed E-state index contributed by atoms with van der Waals surface area (Å²) in [7, 11) is 0. The van der Waals surface area contributed by atoms with Crippen molar-refractivity contribution in [2.75, 3.05) is 32.7 Å². The Morgan fingerprint density at radius 3 is 2.38 bits per heavy atom. The number of aromatic nitrogens is 1. The van der Waals surface area contributed by atoms with Crippen molar-refractivity contribution in [3.05, 3.63) is 70.0 Å². The summed E-state index contributed by atoms with van der Waals surface area (Å²) < 4.78 is 0. The van der Waals surface area contributed by atoms with Crippen molar-refractivity contribution in [2.45, 2.75) is 38.1 Å². The molecule has 1 aromatic heterocycles. The van der Waals surface area contributed by atoms with E-state index in [0.717, 1.165) is 31.4 Å². The smallest absolute Gasteiger partial charge is 0.269 e. The fourth-order valence-corrected chi connectivity index (χ4v) is 5.03. The molecule has 1 N–H and O–H groups in total. The first-order chi connectivity index (χ1) is 16.5. The molecule has 1 atom stereocenters. The first-order valence-corrected chi connectivity index (χ1v) is 12.0. The maximum Gasteiger partial charge on any atom is 0.269 e. The Bertz CT molecular complexity index is 984. The molecule has 9 heteroatoms. The minimum Gasteiger partial charge on any atom is -0.354 e. The second-order valence-electron chi connectivity index (χ2n) is 8.98. The van der Waals surface area contributed by atoms with Gasteiger partial charge in [-0.05, 0) is 43.0 Å². The average Bonchev–Trinajstić information content (AvgIpc) is 3.39. The summed E-state index contributed by atoms with van der Waals surface area (Å²) in [5.41, 5.74) is 1.37. The molecule has 2 aromatic rings. The number of hydrogen-bond acceptors (Lipinski definition) is 6. The highest BCUT2D eigenvalue weighted by Gasteiger charge is 2.37. The standard InChI is InChI=1S/C25H31N5O4/c31-24(27-14-12-21-7-3-4-13-26-21)23(19-5-1-2-6-19)28-15-17-29(18-16-28)25(32)20-8-10-22(11-9-20)30(33)34/h3-4,7-11,13,19,23H,1-2,5-6,12,14-18H2,(H,27,31)/t23-/m1/s1. The van der Waals surface area contributed by atoms with E-state index >= 15 is 0 Å². The third kappa shape index (κ3) is 5.77. The van der Waals surface area contributed by atoms with Gasteiger partial charge < -0.3 is 10.2 Å². The van der Waals surface area contributed by atoms with Crippen molar-refractivity contribution in [2.24, 2.45) is 5.92 Å². The van der Waals surface area contributed by atoms with Crippen LogP contribution in [0.1, 0.15) is 41.7 Å². The quantitative estimate of drug-likeness (QED) is 0.474. The fourth-order valence-electron chi connectivity index (χ4n) is 5.03. The normalized spacial score (nSPS) is 17.9. The van der Waals surface area contributed by atoms with Gasteiger partial charge in [0, 0.05) is 68.7 Å². The maximum absolute atomic E-state index is 13.2. The third-order valence-electron chi connectivity index (χ3n) is 6.84. The van der Waals surface area contributed by atoms with E-state index in [0.29, 0.717) is 50.6 Å². The number of rotatable bonds is 8. The number of carbonyl (C=O) groups is 2. The molecule has 1 aromatic carbocycles. The number of piperazine rings is 1. The summed E-state index contributed by atoms with van der Waals surface area (Å²) in [5.74, 6) is 0.275. The number of non-ortho nitro benzene ring substituents is 1. The Morgan fingerprint density at radius 1 is 1.06 bits per heavy atom. The molecule has 2 aliphatic rings. The van der Waals surface area contributed by atoms with Gasteiger partial charge in [0.25, 0.3) is 11.6 Å². The molecule has 0 unspecified atom stereocenters. The van der Waals surface area contributed by atoms with Crippen molar-refractivity contribution in [3.8, 4) is 0 Å². The van der Waals surface area contributed by atoms with Crippen molar-refractivity contribution in [1.29, 1.82) is 0 Å². The van der Waals surface area contributed by atoms with Gasteiger partial charge >= 0.3 is 0 Å². The van der Waals surface area contributed by atoms with Crippen LogP contribution in [0, 0.1) is 16.0 Å². The summed E-state index contributed by atoms with van der Waals surface area (Å²) >= 11 is 0. The molecule has 9 nitrogen and oxygen atoms in total. The lowest BCUT2D eigenvalue weighted by molar-refractivity contribution is -0.384. The Morgan fingerprint density at radius 2 is 1.76 bits per heavy atom. The minimum absolute atomic E-state index is 0.0326. The number of nitro benzene ring substituents is 1. The molecule has 180 valence electrons. The van der Waals surface area contributed by atoms with E-state index < -0.39 is 4.92 Å².